The minimum atomic E-state index is 1.18. The first-order chi connectivity index (χ1) is 30.8. The standard InChI is InChI=1S/C62H38/c1-5-17-41(18-6-1)57-58(42-19-7-2-8-20-42)62(46-34-36-48-50-30-14-26-40-28-16-32-52(56(40)50)54(48)38-46)60(44-23-11-4-12-24-44)59(43-21-9-3-10-22-43)61(57)45-33-35-47-49-29-13-25-39-27-15-31-51(55(39)49)53(47)37-45/h1-38H. The smallest absolute Gasteiger partial charge is 0.00136 e. The molecule has 286 valence electrons. The monoisotopic (exact) mass is 782 g/mol. The molecule has 0 unspecified atom stereocenters. The Hall–Kier alpha value is -8.06. The minimum Gasteiger partial charge on any atom is -0.0622 e. The number of hydrogen-bond donors (Lipinski definition) is 0. The third-order valence-electron chi connectivity index (χ3n) is 13.3. The Balaban J connectivity index is 1.23. The lowest BCUT2D eigenvalue weighted by Crippen LogP contribution is -2.02. The second-order valence-corrected chi connectivity index (χ2v) is 16.7. The molecule has 2 aliphatic rings. The van der Waals surface area contributed by atoms with E-state index < -0.39 is 0 Å². The maximum absolute atomic E-state index is 2.48. The average molecular weight is 783 g/mol. The number of rotatable bonds is 6. The average Bonchev–Trinajstić information content (AvgIpc) is 3.85. The summed E-state index contributed by atoms with van der Waals surface area (Å²) in [6.07, 6.45) is 0. The summed E-state index contributed by atoms with van der Waals surface area (Å²) in [5, 5.41) is 5.24. The van der Waals surface area contributed by atoms with Crippen LogP contribution in [0.5, 0.6) is 0 Å². The van der Waals surface area contributed by atoms with Crippen LogP contribution in [0.25, 0.3) is 133 Å². The highest BCUT2D eigenvalue weighted by atomic mass is 14.3. The van der Waals surface area contributed by atoms with Crippen molar-refractivity contribution in [1.82, 2.24) is 0 Å². The Labute approximate surface area is 361 Å². The maximum Gasteiger partial charge on any atom is -0.00136 e. The molecule has 0 nitrogen and oxygen atoms in total. The van der Waals surface area contributed by atoms with E-state index in [0.717, 1.165) is 0 Å². The van der Waals surface area contributed by atoms with Gasteiger partial charge in [0.2, 0.25) is 0 Å². The van der Waals surface area contributed by atoms with Gasteiger partial charge >= 0.3 is 0 Å². The molecule has 62 heavy (non-hydrogen) atoms. The van der Waals surface area contributed by atoms with Crippen molar-refractivity contribution < 1.29 is 0 Å². The van der Waals surface area contributed by atoms with Gasteiger partial charge in [-0.25, -0.2) is 0 Å². The molecular formula is C62H38. The van der Waals surface area contributed by atoms with Crippen molar-refractivity contribution in [2.75, 3.05) is 0 Å². The molecule has 11 aromatic carbocycles. The highest BCUT2D eigenvalue weighted by Gasteiger charge is 2.31. The molecule has 0 aliphatic heterocycles. The Bertz CT molecular complexity index is 3230. The van der Waals surface area contributed by atoms with Gasteiger partial charge in [0.1, 0.15) is 0 Å². The highest BCUT2D eigenvalue weighted by molar-refractivity contribution is 6.20. The Morgan fingerprint density at radius 1 is 0.161 bits per heavy atom. The topological polar surface area (TPSA) is 0 Å². The van der Waals surface area contributed by atoms with Gasteiger partial charge in [-0.05, 0) is 145 Å². The molecule has 0 saturated carbocycles. The van der Waals surface area contributed by atoms with E-state index in [0.29, 0.717) is 0 Å². The summed E-state index contributed by atoms with van der Waals surface area (Å²) in [6, 6.07) is 85.9. The van der Waals surface area contributed by atoms with Crippen LogP contribution in [-0.4, -0.2) is 0 Å². The highest BCUT2D eigenvalue weighted by Crippen LogP contribution is 2.58. The van der Waals surface area contributed by atoms with Gasteiger partial charge in [0.25, 0.3) is 0 Å². The fraction of sp³-hybridized carbons (Fsp3) is 0. The third-order valence-corrected chi connectivity index (χ3v) is 13.3. The van der Waals surface area contributed by atoms with Crippen LogP contribution in [0.1, 0.15) is 0 Å². The Kier molecular flexibility index (Phi) is 7.71. The largest absolute Gasteiger partial charge is 0.0622 e. The van der Waals surface area contributed by atoms with Crippen LogP contribution < -0.4 is 0 Å². The van der Waals surface area contributed by atoms with E-state index in [1.54, 1.807) is 0 Å². The lowest BCUT2D eigenvalue weighted by molar-refractivity contribution is 1.51. The summed E-state index contributed by atoms with van der Waals surface area (Å²) >= 11 is 0. The van der Waals surface area contributed by atoms with Crippen molar-refractivity contribution in [2.24, 2.45) is 0 Å². The molecule has 0 aromatic heterocycles. The zero-order valence-corrected chi connectivity index (χ0v) is 33.9. The van der Waals surface area contributed by atoms with Crippen LogP contribution in [0.15, 0.2) is 231 Å². The molecule has 13 rings (SSSR count). The van der Waals surface area contributed by atoms with Crippen LogP contribution >= 0.6 is 0 Å². The van der Waals surface area contributed by atoms with Gasteiger partial charge in [-0.1, -0.05) is 218 Å². The molecule has 11 aromatic rings. The molecule has 2 aliphatic carbocycles. The summed E-state index contributed by atoms with van der Waals surface area (Å²) in [6.45, 7) is 0. The van der Waals surface area contributed by atoms with Crippen LogP contribution in [0.3, 0.4) is 0 Å². The van der Waals surface area contributed by atoms with E-state index in [1.807, 2.05) is 0 Å². The third kappa shape index (κ3) is 5.14. The van der Waals surface area contributed by atoms with Crippen molar-refractivity contribution in [3.63, 3.8) is 0 Å². The fourth-order valence-corrected chi connectivity index (χ4v) is 10.8. The minimum absolute atomic E-state index is 1.18. The number of benzene rings is 11. The molecule has 0 heterocycles. The predicted molar refractivity (Wildman–Crippen MR) is 263 cm³/mol. The van der Waals surface area contributed by atoms with Crippen LogP contribution in [0, 0.1) is 0 Å². The zero-order chi connectivity index (χ0) is 40.7. The van der Waals surface area contributed by atoms with E-state index in [4.69, 9.17) is 0 Å². The molecule has 0 spiro atoms. The molecule has 0 N–H and O–H groups in total. The van der Waals surface area contributed by atoms with Gasteiger partial charge in [-0.15, -0.1) is 0 Å². The second-order valence-electron chi connectivity index (χ2n) is 16.7. The molecule has 0 heteroatoms. The predicted octanol–water partition coefficient (Wildman–Crippen LogP) is 17.3. The van der Waals surface area contributed by atoms with Crippen LogP contribution in [0.2, 0.25) is 0 Å². The van der Waals surface area contributed by atoms with E-state index in [9.17, 15) is 0 Å². The normalized spacial score (nSPS) is 11.9. The van der Waals surface area contributed by atoms with Gasteiger partial charge in [0.05, 0.1) is 0 Å². The van der Waals surface area contributed by atoms with Crippen molar-refractivity contribution in [1.29, 1.82) is 0 Å². The Morgan fingerprint density at radius 3 is 0.742 bits per heavy atom. The quantitative estimate of drug-likeness (QED) is 0.158. The molecule has 0 bridgehead atoms. The Morgan fingerprint density at radius 2 is 0.435 bits per heavy atom. The van der Waals surface area contributed by atoms with E-state index in [2.05, 4.69) is 231 Å². The van der Waals surface area contributed by atoms with E-state index in [-0.39, 0.29) is 0 Å². The van der Waals surface area contributed by atoms with Crippen molar-refractivity contribution >= 4 is 21.5 Å². The van der Waals surface area contributed by atoms with Crippen LogP contribution in [0.4, 0.5) is 0 Å². The fourth-order valence-electron chi connectivity index (χ4n) is 10.8. The first-order valence-corrected chi connectivity index (χ1v) is 21.6. The zero-order valence-electron chi connectivity index (χ0n) is 33.9. The summed E-state index contributed by atoms with van der Waals surface area (Å²) in [5.74, 6) is 0. The maximum atomic E-state index is 2.48. The molecule has 0 amide bonds. The summed E-state index contributed by atoms with van der Waals surface area (Å²) in [7, 11) is 0. The molecule has 0 saturated heterocycles. The van der Waals surface area contributed by atoms with Crippen molar-refractivity contribution in [3.05, 3.63) is 231 Å². The first kappa shape index (κ1) is 34.8. The number of fused-ring (bicyclic) bond motifs is 6. The van der Waals surface area contributed by atoms with E-state index >= 15 is 0 Å². The molecule has 0 atom stereocenters. The molecule has 0 radical (unpaired) electrons. The second kappa shape index (κ2) is 13.7. The van der Waals surface area contributed by atoms with Gasteiger partial charge in [-0.3, -0.25) is 0 Å². The lowest BCUT2D eigenvalue weighted by Gasteiger charge is -2.29. The number of hydrogen-bond acceptors (Lipinski definition) is 0. The van der Waals surface area contributed by atoms with Crippen molar-refractivity contribution in [3.8, 4) is 111 Å². The van der Waals surface area contributed by atoms with Gasteiger partial charge < -0.3 is 0 Å². The lowest BCUT2D eigenvalue weighted by atomic mass is 9.73. The molecule has 0 fully saturated rings. The van der Waals surface area contributed by atoms with E-state index in [1.165, 1.54) is 133 Å². The van der Waals surface area contributed by atoms with Gasteiger partial charge in [0.15, 0.2) is 0 Å². The summed E-state index contributed by atoms with van der Waals surface area (Å²) in [5.41, 5.74) is 24.9. The van der Waals surface area contributed by atoms with Crippen LogP contribution in [-0.2, 0) is 0 Å². The van der Waals surface area contributed by atoms with Gasteiger partial charge in [-0.2, -0.15) is 0 Å². The summed E-state index contributed by atoms with van der Waals surface area (Å²) < 4.78 is 0. The SMILES string of the molecule is c1ccc(-c2c(-c3ccccc3)c(-c3ccc4c(c3)-c3cccc5cccc-4c35)c(-c3ccccc3)c(-c3ccccc3)c2-c2ccc3c(c2)-c2cccc4cccc-3c24)cc1. The summed E-state index contributed by atoms with van der Waals surface area (Å²) in [4.78, 5) is 0. The van der Waals surface area contributed by atoms with Crippen molar-refractivity contribution in [2.45, 2.75) is 0 Å². The molecular weight excluding hydrogens is 745 g/mol. The first-order valence-electron chi connectivity index (χ1n) is 21.6. The van der Waals surface area contributed by atoms with Gasteiger partial charge in [0, 0.05) is 0 Å².